The van der Waals surface area contributed by atoms with Gasteiger partial charge in [-0.3, -0.25) is 14.8 Å². The van der Waals surface area contributed by atoms with Crippen LogP contribution in [0.3, 0.4) is 0 Å². The van der Waals surface area contributed by atoms with Crippen molar-refractivity contribution in [1.29, 1.82) is 0 Å². The van der Waals surface area contributed by atoms with Gasteiger partial charge in [0, 0.05) is 28.6 Å². The number of aliphatic carboxylic acids is 1. The number of aliphatic hydroxyl groups excluding tert-OH is 1. The second-order valence-electron chi connectivity index (χ2n) is 9.54. The molecule has 3 heterocycles. The summed E-state index contributed by atoms with van der Waals surface area (Å²) in [6.07, 6.45) is 3.66. The van der Waals surface area contributed by atoms with Gasteiger partial charge in [-0.15, -0.1) is 21.5 Å². The lowest BCUT2D eigenvalue weighted by atomic mass is 10.0. The van der Waals surface area contributed by atoms with Crippen molar-refractivity contribution in [3.05, 3.63) is 93.8 Å². The second kappa shape index (κ2) is 13.2. The first kappa shape index (κ1) is 28.6. The van der Waals surface area contributed by atoms with E-state index in [1.54, 1.807) is 12.4 Å². The Kier molecular flexibility index (Phi) is 8.99. The molecule has 5 rings (SSSR count). The van der Waals surface area contributed by atoms with Gasteiger partial charge in [0.05, 0.1) is 29.3 Å². The van der Waals surface area contributed by atoms with Gasteiger partial charge in [0.2, 0.25) is 5.82 Å². The zero-order valence-electron chi connectivity index (χ0n) is 22.6. The molecule has 5 aromatic rings. The number of benzene rings is 2. The molecule has 42 heavy (non-hydrogen) atoms. The summed E-state index contributed by atoms with van der Waals surface area (Å²) < 4.78 is 0. The van der Waals surface area contributed by atoms with Gasteiger partial charge in [0.1, 0.15) is 0 Å². The van der Waals surface area contributed by atoms with Crippen LogP contribution in [-0.4, -0.2) is 69.8 Å². The van der Waals surface area contributed by atoms with E-state index >= 15 is 0 Å². The van der Waals surface area contributed by atoms with Crippen molar-refractivity contribution in [2.45, 2.75) is 44.8 Å². The molecule has 0 saturated carbocycles. The third-order valence-corrected chi connectivity index (χ3v) is 7.64. The van der Waals surface area contributed by atoms with Crippen LogP contribution in [0.5, 0.6) is 0 Å². The van der Waals surface area contributed by atoms with Crippen LogP contribution in [-0.2, 0) is 24.1 Å². The molecule has 1 amide bonds. The molecule has 12 nitrogen and oxygen atoms in total. The van der Waals surface area contributed by atoms with Crippen molar-refractivity contribution in [2.75, 3.05) is 0 Å². The van der Waals surface area contributed by atoms with Crippen LogP contribution in [0.15, 0.2) is 67.0 Å². The molecule has 214 valence electrons. The number of hydrogen-bond acceptors (Lipinski definition) is 10. The summed E-state index contributed by atoms with van der Waals surface area (Å²) in [4.78, 5) is 39.4. The summed E-state index contributed by atoms with van der Waals surface area (Å²) in [6.45, 7) is 2.03. The quantitative estimate of drug-likeness (QED) is 0.170. The third-order valence-electron chi connectivity index (χ3n) is 6.54. The number of aromatic amines is 1. The van der Waals surface area contributed by atoms with Crippen LogP contribution in [0.25, 0.3) is 22.6 Å². The van der Waals surface area contributed by atoms with Crippen LogP contribution in [0, 0.1) is 0 Å². The lowest BCUT2D eigenvalue weighted by molar-refractivity contribution is -0.148. The van der Waals surface area contributed by atoms with E-state index in [1.165, 1.54) is 11.3 Å². The lowest BCUT2D eigenvalue weighted by Gasteiger charge is -2.21. The zero-order chi connectivity index (χ0) is 29.5. The first-order valence-electron chi connectivity index (χ1n) is 13.3. The van der Waals surface area contributed by atoms with Crippen molar-refractivity contribution in [1.82, 2.24) is 40.9 Å². The maximum atomic E-state index is 13.2. The monoisotopic (exact) mass is 584 g/mol. The maximum absolute atomic E-state index is 13.2. The average molecular weight is 585 g/mol. The van der Waals surface area contributed by atoms with Gasteiger partial charge in [-0.25, -0.2) is 9.78 Å². The van der Waals surface area contributed by atoms with Crippen LogP contribution < -0.4 is 5.32 Å². The molecule has 0 bridgehead atoms. The first-order valence-corrected chi connectivity index (χ1v) is 14.1. The number of nitrogens with zero attached hydrogens (tertiary/aromatic N) is 6. The molecule has 0 fully saturated rings. The van der Waals surface area contributed by atoms with E-state index in [-0.39, 0.29) is 11.4 Å². The molecule has 0 aliphatic carbocycles. The first-order chi connectivity index (χ1) is 20.4. The van der Waals surface area contributed by atoms with E-state index in [1.807, 2.05) is 61.5 Å². The van der Waals surface area contributed by atoms with Crippen molar-refractivity contribution in [2.24, 2.45) is 0 Å². The number of carbonyl (C=O) groups excluding carboxylic acids is 1. The minimum atomic E-state index is -1.78. The highest BCUT2D eigenvalue weighted by Gasteiger charge is 2.29. The average Bonchev–Trinajstić information content (AvgIpc) is 3.68. The lowest BCUT2D eigenvalue weighted by Crippen LogP contribution is -2.48. The maximum Gasteiger partial charge on any atom is 0.334 e. The van der Waals surface area contributed by atoms with Gasteiger partial charge < -0.3 is 15.5 Å². The number of amides is 1. The number of carboxylic acid groups (broad SMARTS) is 1. The number of aryl methyl sites for hydroxylation is 1. The summed E-state index contributed by atoms with van der Waals surface area (Å²) in [6, 6.07) is 15.6. The van der Waals surface area contributed by atoms with Gasteiger partial charge in [0.25, 0.3) is 5.91 Å². The molecule has 0 saturated heterocycles. The molecule has 2 aromatic carbocycles. The number of rotatable bonds is 12. The van der Waals surface area contributed by atoms with Crippen molar-refractivity contribution in [3.8, 4) is 22.6 Å². The molecule has 0 aliphatic heterocycles. The van der Waals surface area contributed by atoms with Crippen molar-refractivity contribution in [3.63, 3.8) is 0 Å². The normalized spacial score (nSPS) is 12.5. The Morgan fingerprint density at radius 3 is 2.45 bits per heavy atom. The van der Waals surface area contributed by atoms with Crippen LogP contribution in [0.1, 0.15) is 45.0 Å². The summed E-state index contributed by atoms with van der Waals surface area (Å²) in [5, 5.41) is 36.8. The number of aliphatic hydroxyl groups is 1. The Morgan fingerprint density at radius 2 is 1.79 bits per heavy atom. The van der Waals surface area contributed by atoms with Crippen LogP contribution in [0.2, 0.25) is 0 Å². The summed E-state index contributed by atoms with van der Waals surface area (Å²) in [5.74, 6) is -1.49. The van der Waals surface area contributed by atoms with Gasteiger partial charge >= 0.3 is 5.97 Å². The molecule has 0 aliphatic rings. The third kappa shape index (κ3) is 6.70. The number of hydrogen-bond donors (Lipinski definition) is 4. The molecule has 0 spiro atoms. The molecular formula is C29H28N8O4S. The fraction of sp³-hybridized carbons (Fsp3) is 0.241. The Labute approximate surface area is 244 Å². The fourth-order valence-electron chi connectivity index (χ4n) is 4.49. The predicted octanol–water partition coefficient (Wildman–Crippen LogP) is 3.11. The van der Waals surface area contributed by atoms with Gasteiger partial charge in [-0.05, 0) is 23.6 Å². The van der Waals surface area contributed by atoms with Gasteiger partial charge in [-0.1, -0.05) is 67.9 Å². The molecular weight excluding hydrogens is 556 g/mol. The molecule has 4 N–H and O–H groups in total. The summed E-state index contributed by atoms with van der Waals surface area (Å²) in [5.41, 5.74) is 4.51. The number of thiazole rings is 1. The minimum Gasteiger partial charge on any atom is -0.479 e. The minimum absolute atomic E-state index is 0.151. The van der Waals surface area contributed by atoms with E-state index in [4.69, 9.17) is 0 Å². The Bertz CT molecular complexity index is 1640. The largest absolute Gasteiger partial charge is 0.479 e. The number of aromatic nitrogens is 7. The van der Waals surface area contributed by atoms with E-state index in [0.717, 1.165) is 33.7 Å². The SMILES string of the molecule is CCCc1nc(C(=O)NC(Cc2ccccc2)C(O)C(=O)O)sc1Cc1cnc(-c2ccccc2-c2nn[nH]n2)cn1. The number of carboxylic acids is 1. The highest BCUT2D eigenvalue weighted by molar-refractivity contribution is 7.13. The number of H-pyrrole nitrogens is 1. The summed E-state index contributed by atoms with van der Waals surface area (Å²) in [7, 11) is 0. The number of carbonyl (C=O) groups is 2. The van der Waals surface area contributed by atoms with Crippen LogP contribution in [0.4, 0.5) is 0 Å². The molecule has 2 unspecified atom stereocenters. The Balaban J connectivity index is 1.34. The smallest absolute Gasteiger partial charge is 0.334 e. The summed E-state index contributed by atoms with van der Waals surface area (Å²) >= 11 is 1.23. The molecule has 13 heteroatoms. The van der Waals surface area contributed by atoms with Crippen molar-refractivity contribution >= 4 is 23.2 Å². The van der Waals surface area contributed by atoms with Gasteiger partial charge in [0.15, 0.2) is 11.1 Å². The van der Waals surface area contributed by atoms with Gasteiger partial charge in [-0.2, -0.15) is 5.21 Å². The zero-order valence-corrected chi connectivity index (χ0v) is 23.5. The second-order valence-corrected chi connectivity index (χ2v) is 10.6. The van der Waals surface area contributed by atoms with E-state index in [2.05, 4.69) is 40.9 Å². The number of nitrogens with one attached hydrogen (secondary N) is 2. The van der Waals surface area contributed by atoms with E-state index in [9.17, 15) is 19.8 Å². The predicted molar refractivity (Wildman–Crippen MR) is 155 cm³/mol. The Hall–Kier alpha value is -4.88. The topological polar surface area (TPSA) is 180 Å². The molecule has 0 radical (unpaired) electrons. The highest BCUT2D eigenvalue weighted by atomic mass is 32.1. The van der Waals surface area contributed by atoms with E-state index < -0.39 is 24.0 Å². The number of tetrazole rings is 1. The Morgan fingerprint density at radius 1 is 1.02 bits per heavy atom. The highest BCUT2D eigenvalue weighted by Crippen LogP contribution is 2.28. The van der Waals surface area contributed by atoms with Crippen molar-refractivity contribution < 1.29 is 19.8 Å². The van der Waals surface area contributed by atoms with E-state index in [0.29, 0.717) is 30.1 Å². The van der Waals surface area contributed by atoms with Crippen LogP contribution >= 0.6 is 11.3 Å². The fourth-order valence-corrected chi connectivity index (χ4v) is 5.52. The standard InChI is InChI=1S/C29H28N8O4S/c1-2-8-21-24(14-18-15-31-23(16-30-18)19-11-6-7-12-20(19)26-34-36-37-35-26)42-28(33-21)27(39)32-22(25(38)29(40)41)13-17-9-4-3-5-10-17/h3-7,9-12,15-16,22,25,38H,2,8,13-14H2,1H3,(H,32,39)(H,40,41)(H,34,35,36,37). The molecule has 3 aromatic heterocycles. The molecule has 2 atom stereocenters.